The molecule has 10 heteroatoms. The number of carbonyl (C=O) groups is 3. The molecule has 8 nitrogen and oxygen atoms in total. The van der Waals surface area contributed by atoms with Gasteiger partial charge in [-0.25, -0.2) is 23.2 Å². The maximum atomic E-state index is 13.0. The first-order valence-corrected chi connectivity index (χ1v) is 13.1. The van der Waals surface area contributed by atoms with E-state index in [-0.39, 0.29) is 26.0 Å². The van der Waals surface area contributed by atoms with Crippen LogP contribution in [-0.2, 0) is 19.2 Å². The fraction of sp³-hybridized carbons (Fsp3) is 0.880. The summed E-state index contributed by atoms with van der Waals surface area (Å²) in [6, 6.07) is 0. The molecular formula is C25H46F2N2O6. The van der Waals surface area contributed by atoms with E-state index in [4.69, 9.17) is 20.4 Å². The summed E-state index contributed by atoms with van der Waals surface area (Å²) in [5.74, 6) is -2.47. The Hall–Kier alpha value is -1.97. The standard InChI is InChI=1S/C25H46F2N2O6/c1-3-5-6-7-8-9-10-11-12-13-14-15-16-18-21(30)35-29(24(33)34-4-2)20-17-19-25(28,22(26)27)23(31)32/h22H,3-20,28H2,1-2H3,(H,31,32). The van der Waals surface area contributed by atoms with Gasteiger partial charge in [-0.05, 0) is 26.2 Å². The minimum atomic E-state index is -3.28. The van der Waals surface area contributed by atoms with Crippen molar-refractivity contribution < 1.29 is 37.8 Å². The number of hydrogen-bond acceptors (Lipinski definition) is 6. The molecule has 0 aliphatic carbocycles. The maximum absolute atomic E-state index is 13.0. The Morgan fingerprint density at radius 2 is 1.34 bits per heavy atom. The Morgan fingerprint density at radius 3 is 1.77 bits per heavy atom. The van der Waals surface area contributed by atoms with E-state index in [2.05, 4.69) is 6.92 Å². The summed E-state index contributed by atoms with van der Waals surface area (Å²) in [7, 11) is 0. The van der Waals surface area contributed by atoms with E-state index in [0.29, 0.717) is 11.5 Å². The lowest BCUT2D eigenvalue weighted by Gasteiger charge is -2.25. The SMILES string of the molecule is CCCCCCCCCCCCCCCC(=O)ON(CCCC(N)(C(=O)O)C(F)F)C(=O)OCC. The topological polar surface area (TPSA) is 119 Å². The van der Waals surface area contributed by atoms with Crippen molar-refractivity contribution in [3.8, 4) is 0 Å². The lowest BCUT2D eigenvalue weighted by Crippen LogP contribution is -2.54. The fourth-order valence-corrected chi connectivity index (χ4v) is 3.65. The number of hydrogen-bond donors (Lipinski definition) is 2. The molecule has 0 saturated heterocycles. The predicted molar refractivity (Wildman–Crippen MR) is 130 cm³/mol. The van der Waals surface area contributed by atoms with Gasteiger partial charge in [-0.15, -0.1) is 5.06 Å². The number of alkyl halides is 2. The summed E-state index contributed by atoms with van der Waals surface area (Å²) in [4.78, 5) is 40.3. The summed E-state index contributed by atoms with van der Waals surface area (Å²) < 4.78 is 30.8. The lowest BCUT2D eigenvalue weighted by atomic mass is 9.95. The molecule has 1 atom stereocenters. The molecule has 0 aliphatic rings. The summed E-state index contributed by atoms with van der Waals surface area (Å²) in [6.07, 6.45) is 10.3. The van der Waals surface area contributed by atoms with Crippen LogP contribution in [0.15, 0.2) is 0 Å². The Balaban J connectivity index is 4.14. The number of hydroxylamine groups is 2. The Labute approximate surface area is 208 Å². The van der Waals surface area contributed by atoms with Crippen molar-refractivity contribution in [1.82, 2.24) is 5.06 Å². The summed E-state index contributed by atoms with van der Waals surface area (Å²) >= 11 is 0. The number of ether oxygens (including phenoxy) is 1. The number of amides is 1. The molecule has 0 radical (unpaired) electrons. The third-order valence-electron chi connectivity index (χ3n) is 5.91. The quantitative estimate of drug-likeness (QED) is 0.140. The van der Waals surface area contributed by atoms with Crippen LogP contribution in [0.25, 0.3) is 0 Å². The van der Waals surface area contributed by atoms with Crippen LogP contribution in [0, 0.1) is 0 Å². The number of unbranched alkanes of at least 4 members (excludes halogenated alkanes) is 12. The van der Waals surface area contributed by atoms with Gasteiger partial charge >= 0.3 is 18.0 Å². The second-order valence-corrected chi connectivity index (χ2v) is 9.01. The van der Waals surface area contributed by atoms with Crippen LogP contribution in [0.5, 0.6) is 0 Å². The van der Waals surface area contributed by atoms with Gasteiger partial charge in [0.15, 0.2) is 5.54 Å². The lowest BCUT2D eigenvalue weighted by molar-refractivity contribution is -0.182. The highest BCUT2D eigenvalue weighted by Crippen LogP contribution is 2.20. The number of nitrogens with zero attached hydrogens (tertiary/aromatic N) is 1. The second-order valence-electron chi connectivity index (χ2n) is 9.01. The van der Waals surface area contributed by atoms with Crippen molar-refractivity contribution in [2.75, 3.05) is 13.2 Å². The van der Waals surface area contributed by atoms with E-state index in [9.17, 15) is 23.2 Å². The molecule has 0 aromatic rings. The molecular weight excluding hydrogens is 462 g/mol. The molecule has 0 rings (SSSR count). The normalized spacial score (nSPS) is 12.9. The van der Waals surface area contributed by atoms with Crippen molar-refractivity contribution in [3.05, 3.63) is 0 Å². The molecule has 0 aromatic heterocycles. The van der Waals surface area contributed by atoms with Crippen LogP contribution in [0.2, 0.25) is 0 Å². The third kappa shape index (κ3) is 15.6. The predicted octanol–water partition coefficient (Wildman–Crippen LogP) is 6.21. The van der Waals surface area contributed by atoms with Gasteiger partial charge in [0.2, 0.25) is 0 Å². The van der Waals surface area contributed by atoms with E-state index in [0.717, 1.165) is 19.3 Å². The average molecular weight is 509 g/mol. The number of halogens is 2. The average Bonchev–Trinajstić information content (AvgIpc) is 2.81. The molecule has 0 fully saturated rings. The van der Waals surface area contributed by atoms with Crippen LogP contribution in [-0.4, -0.2) is 53.3 Å². The number of rotatable bonds is 21. The zero-order valence-electron chi connectivity index (χ0n) is 21.6. The second kappa shape index (κ2) is 20.2. The van der Waals surface area contributed by atoms with E-state index in [1.165, 1.54) is 57.8 Å². The third-order valence-corrected chi connectivity index (χ3v) is 5.91. The van der Waals surface area contributed by atoms with Crippen molar-refractivity contribution in [3.63, 3.8) is 0 Å². The molecule has 3 N–H and O–H groups in total. The number of nitrogens with two attached hydrogens (primary N) is 1. The van der Waals surface area contributed by atoms with E-state index in [1.54, 1.807) is 6.92 Å². The molecule has 0 heterocycles. The largest absolute Gasteiger partial charge is 0.480 e. The Bertz CT molecular complexity index is 594. The monoisotopic (exact) mass is 508 g/mol. The van der Waals surface area contributed by atoms with E-state index in [1.807, 2.05) is 0 Å². The molecule has 0 aliphatic heterocycles. The molecule has 0 bridgehead atoms. The highest BCUT2D eigenvalue weighted by atomic mass is 19.3. The summed E-state index contributed by atoms with van der Waals surface area (Å²) in [5.41, 5.74) is 2.54. The minimum absolute atomic E-state index is 0.0265. The molecule has 206 valence electrons. The Morgan fingerprint density at radius 1 is 0.857 bits per heavy atom. The van der Waals surface area contributed by atoms with Gasteiger partial charge < -0.3 is 20.4 Å². The molecule has 1 amide bonds. The van der Waals surface area contributed by atoms with Crippen molar-refractivity contribution in [1.29, 1.82) is 0 Å². The van der Waals surface area contributed by atoms with Crippen LogP contribution >= 0.6 is 0 Å². The summed E-state index contributed by atoms with van der Waals surface area (Å²) in [6.45, 7) is 3.51. The van der Waals surface area contributed by atoms with Crippen molar-refractivity contribution in [2.45, 2.75) is 129 Å². The van der Waals surface area contributed by atoms with Crippen LogP contribution < -0.4 is 5.73 Å². The smallest absolute Gasteiger partial charge is 0.443 e. The van der Waals surface area contributed by atoms with Crippen LogP contribution in [0.4, 0.5) is 13.6 Å². The summed E-state index contributed by atoms with van der Waals surface area (Å²) in [5, 5.41) is 9.60. The van der Waals surface area contributed by atoms with Gasteiger partial charge in [-0.1, -0.05) is 84.0 Å². The molecule has 35 heavy (non-hydrogen) atoms. The van der Waals surface area contributed by atoms with Crippen LogP contribution in [0.3, 0.4) is 0 Å². The van der Waals surface area contributed by atoms with Crippen molar-refractivity contribution in [2.24, 2.45) is 5.73 Å². The highest BCUT2D eigenvalue weighted by molar-refractivity contribution is 5.79. The molecule has 0 saturated carbocycles. The first-order chi connectivity index (χ1) is 16.7. The number of aliphatic carboxylic acids is 1. The zero-order chi connectivity index (χ0) is 26.5. The number of carbonyl (C=O) groups excluding carboxylic acids is 2. The van der Waals surface area contributed by atoms with E-state index < -0.39 is 36.4 Å². The molecule has 1 unspecified atom stereocenters. The van der Waals surface area contributed by atoms with Gasteiger partial charge in [0.1, 0.15) is 0 Å². The van der Waals surface area contributed by atoms with Gasteiger partial charge in [-0.2, -0.15) is 0 Å². The first kappa shape index (κ1) is 33.0. The van der Waals surface area contributed by atoms with Gasteiger partial charge in [0.05, 0.1) is 13.2 Å². The van der Waals surface area contributed by atoms with Crippen LogP contribution in [0.1, 0.15) is 117 Å². The highest BCUT2D eigenvalue weighted by Gasteiger charge is 2.43. The van der Waals surface area contributed by atoms with E-state index >= 15 is 0 Å². The first-order valence-electron chi connectivity index (χ1n) is 13.1. The fourth-order valence-electron chi connectivity index (χ4n) is 3.65. The molecule has 0 aromatic carbocycles. The Kier molecular flexibility index (Phi) is 19.1. The van der Waals surface area contributed by atoms with Gasteiger partial charge in [-0.3, -0.25) is 0 Å². The van der Waals surface area contributed by atoms with Gasteiger partial charge in [0.25, 0.3) is 6.43 Å². The zero-order valence-corrected chi connectivity index (χ0v) is 21.6. The van der Waals surface area contributed by atoms with Crippen molar-refractivity contribution >= 4 is 18.0 Å². The minimum Gasteiger partial charge on any atom is -0.480 e. The number of carboxylic acids is 1. The maximum Gasteiger partial charge on any atom is 0.443 e. The molecule has 0 spiro atoms. The number of carboxylic acid groups (broad SMARTS) is 1. The van der Waals surface area contributed by atoms with Gasteiger partial charge in [0, 0.05) is 6.42 Å².